The Morgan fingerprint density at radius 3 is 2.24 bits per heavy atom. The number of Topliss-reactive ketones (excluding diaryl/α,β-unsaturated/α-hetero) is 1. The van der Waals surface area contributed by atoms with Crippen molar-refractivity contribution in [2.75, 3.05) is 13.2 Å². The van der Waals surface area contributed by atoms with E-state index in [2.05, 4.69) is 38.1 Å². The van der Waals surface area contributed by atoms with Crippen LogP contribution in [0.25, 0.3) is 0 Å². The molecule has 0 N–H and O–H groups in total. The topological polar surface area (TPSA) is 26.3 Å². The molecule has 0 bridgehead atoms. The molecular weight excluding hydrogens is 212 g/mol. The van der Waals surface area contributed by atoms with Crippen LogP contribution in [0.1, 0.15) is 31.9 Å². The third-order valence-electron chi connectivity index (χ3n) is 3.52. The second-order valence-corrected chi connectivity index (χ2v) is 5.43. The number of hydrogen-bond donors (Lipinski definition) is 0. The molecule has 0 unspecified atom stereocenters. The standard InChI is InChI=1S/C15H20O2/c1-11(2)8-13-4-6-14(7-5-13)15(12(3)16)9-17-10-15/h4-7,11H,8-10H2,1-3H3. The Kier molecular flexibility index (Phi) is 3.34. The van der Waals surface area contributed by atoms with E-state index in [9.17, 15) is 4.79 Å². The molecule has 17 heavy (non-hydrogen) atoms. The van der Waals surface area contributed by atoms with Gasteiger partial charge in [0.05, 0.1) is 13.2 Å². The first-order valence-corrected chi connectivity index (χ1v) is 6.23. The molecule has 2 heteroatoms. The lowest BCUT2D eigenvalue weighted by molar-refractivity contribution is -0.140. The average molecular weight is 232 g/mol. The molecule has 2 rings (SSSR count). The maximum absolute atomic E-state index is 11.7. The van der Waals surface area contributed by atoms with Gasteiger partial charge in [-0.15, -0.1) is 0 Å². The molecule has 0 atom stereocenters. The van der Waals surface area contributed by atoms with E-state index in [1.807, 2.05) is 0 Å². The Morgan fingerprint density at radius 1 is 1.29 bits per heavy atom. The van der Waals surface area contributed by atoms with Gasteiger partial charge in [0.25, 0.3) is 0 Å². The third kappa shape index (κ3) is 2.27. The summed E-state index contributed by atoms with van der Waals surface area (Å²) in [6.07, 6.45) is 1.09. The highest BCUT2D eigenvalue weighted by atomic mass is 16.5. The Balaban J connectivity index is 2.20. The van der Waals surface area contributed by atoms with Gasteiger partial charge >= 0.3 is 0 Å². The summed E-state index contributed by atoms with van der Waals surface area (Å²) in [5, 5.41) is 0. The van der Waals surface area contributed by atoms with Crippen LogP contribution in [0.5, 0.6) is 0 Å². The number of hydrogen-bond acceptors (Lipinski definition) is 2. The first kappa shape index (κ1) is 12.3. The van der Waals surface area contributed by atoms with E-state index in [0.717, 1.165) is 12.0 Å². The van der Waals surface area contributed by atoms with Crippen molar-refractivity contribution in [1.82, 2.24) is 0 Å². The lowest BCUT2D eigenvalue weighted by Crippen LogP contribution is -2.52. The number of ketones is 1. The molecule has 1 saturated heterocycles. The van der Waals surface area contributed by atoms with Crippen LogP contribution < -0.4 is 0 Å². The highest BCUT2D eigenvalue weighted by Gasteiger charge is 2.44. The van der Waals surface area contributed by atoms with Crippen LogP contribution in [-0.4, -0.2) is 19.0 Å². The van der Waals surface area contributed by atoms with Gasteiger partial charge in [-0.25, -0.2) is 0 Å². The summed E-state index contributed by atoms with van der Waals surface area (Å²) in [5.74, 6) is 0.870. The number of ether oxygens (including phenoxy) is 1. The minimum Gasteiger partial charge on any atom is -0.378 e. The van der Waals surface area contributed by atoms with Gasteiger partial charge in [-0.1, -0.05) is 38.1 Å². The predicted molar refractivity (Wildman–Crippen MR) is 68.2 cm³/mol. The fraction of sp³-hybridized carbons (Fsp3) is 0.533. The molecule has 1 aliphatic rings. The van der Waals surface area contributed by atoms with Gasteiger partial charge in [0.2, 0.25) is 0 Å². The van der Waals surface area contributed by atoms with Crippen molar-refractivity contribution in [3.05, 3.63) is 35.4 Å². The summed E-state index contributed by atoms with van der Waals surface area (Å²) >= 11 is 0. The van der Waals surface area contributed by atoms with Gasteiger partial charge in [0.15, 0.2) is 0 Å². The molecule has 0 aliphatic carbocycles. The Bertz CT molecular complexity index is 399. The van der Waals surface area contributed by atoms with Crippen LogP contribution in [-0.2, 0) is 21.4 Å². The van der Waals surface area contributed by atoms with E-state index >= 15 is 0 Å². The largest absolute Gasteiger partial charge is 0.378 e. The van der Waals surface area contributed by atoms with Crippen molar-refractivity contribution in [2.45, 2.75) is 32.6 Å². The minimum atomic E-state index is -0.365. The van der Waals surface area contributed by atoms with Crippen LogP contribution in [0, 0.1) is 5.92 Å². The average Bonchev–Trinajstić information content (AvgIpc) is 2.17. The predicted octanol–water partition coefficient (Wildman–Crippen LogP) is 2.74. The summed E-state index contributed by atoms with van der Waals surface area (Å²) in [6, 6.07) is 8.44. The van der Waals surface area contributed by atoms with Gasteiger partial charge in [0.1, 0.15) is 11.2 Å². The number of carbonyl (C=O) groups is 1. The molecule has 0 spiro atoms. The summed E-state index contributed by atoms with van der Waals surface area (Å²) in [4.78, 5) is 11.7. The van der Waals surface area contributed by atoms with Crippen LogP contribution in [0.2, 0.25) is 0 Å². The molecule has 0 radical (unpaired) electrons. The molecule has 1 fully saturated rings. The van der Waals surface area contributed by atoms with E-state index in [1.165, 1.54) is 5.56 Å². The van der Waals surface area contributed by atoms with Crippen molar-refractivity contribution >= 4 is 5.78 Å². The second kappa shape index (κ2) is 4.61. The SMILES string of the molecule is CC(=O)C1(c2ccc(CC(C)C)cc2)COC1. The molecule has 1 aromatic rings. The van der Waals surface area contributed by atoms with E-state index in [-0.39, 0.29) is 11.2 Å². The molecular formula is C15H20O2. The third-order valence-corrected chi connectivity index (χ3v) is 3.52. The van der Waals surface area contributed by atoms with Crippen molar-refractivity contribution in [1.29, 1.82) is 0 Å². The monoisotopic (exact) mass is 232 g/mol. The van der Waals surface area contributed by atoms with Crippen molar-refractivity contribution in [3.8, 4) is 0 Å². The van der Waals surface area contributed by atoms with Crippen LogP contribution in [0.15, 0.2) is 24.3 Å². The van der Waals surface area contributed by atoms with Crippen LogP contribution in [0.3, 0.4) is 0 Å². The first-order chi connectivity index (χ1) is 8.04. The van der Waals surface area contributed by atoms with Crippen LogP contribution in [0.4, 0.5) is 0 Å². The van der Waals surface area contributed by atoms with Crippen molar-refractivity contribution < 1.29 is 9.53 Å². The molecule has 0 amide bonds. The molecule has 2 nitrogen and oxygen atoms in total. The molecule has 1 aliphatic heterocycles. The van der Waals surface area contributed by atoms with E-state index in [4.69, 9.17) is 4.74 Å². The number of carbonyl (C=O) groups excluding carboxylic acids is 1. The fourth-order valence-electron chi connectivity index (χ4n) is 2.31. The van der Waals surface area contributed by atoms with Crippen molar-refractivity contribution in [3.63, 3.8) is 0 Å². The van der Waals surface area contributed by atoms with Gasteiger partial charge in [-0.3, -0.25) is 4.79 Å². The maximum Gasteiger partial charge on any atom is 0.145 e. The zero-order valence-corrected chi connectivity index (χ0v) is 10.8. The lowest BCUT2D eigenvalue weighted by Gasteiger charge is -2.39. The smallest absolute Gasteiger partial charge is 0.145 e. The molecule has 1 aromatic carbocycles. The van der Waals surface area contributed by atoms with Gasteiger partial charge < -0.3 is 4.74 Å². The Labute approximate surface area is 103 Å². The summed E-state index contributed by atoms with van der Waals surface area (Å²) in [5.41, 5.74) is 2.07. The highest BCUT2D eigenvalue weighted by molar-refractivity contribution is 5.89. The minimum absolute atomic E-state index is 0.209. The summed E-state index contributed by atoms with van der Waals surface area (Å²) in [6.45, 7) is 7.15. The van der Waals surface area contributed by atoms with E-state index in [1.54, 1.807) is 6.92 Å². The quantitative estimate of drug-likeness (QED) is 0.798. The first-order valence-electron chi connectivity index (χ1n) is 6.23. The second-order valence-electron chi connectivity index (χ2n) is 5.43. The Hall–Kier alpha value is -1.15. The molecule has 1 heterocycles. The molecule has 0 aromatic heterocycles. The number of rotatable bonds is 4. The van der Waals surface area contributed by atoms with Gasteiger partial charge in [-0.2, -0.15) is 0 Å². The fourth-order valence-corrected chi connectivity index (χ4v) is 2.31. The normalized spacial score (nSPS) is 17.9. The number of benzene rings is 1. The van der Waals surface area contributed by atoms with Crippen LogP contribution >= 0.6 is 0 Å². The summed E-state index contributed by atoms with van der Waals surface area (Å²) in [7, 11) is 0. The van der Waals surface area contributed by atoms with E-state index < -0.39 is 0 Å². The highest BCUT2D eigenvalue weighted by Crippen LogP contribution is 2.33. The summed E-state index contributed by atoms with van der Waals surface area (Å²) < 4.78 is 5.23. The van der Waals surface area contributed by atoms with E-state index in [0.29, 0.717) is 19.1 Å². The van der Waals surface area contributed by atoms with Crippen molar-refractivity contribution in [2.24, 2.45) is 5.92 Å². The Morgan fingerprint density at radius 2 is 1.88 bits per heavy atom. The van der Waals surface area contributed by atoms with Gasteiger partial charge in [-0.05, 0) is 30.4 Å². The molecule has 92 valence electrons. The zero-order chi connectivity index (χ0) is 12.5. The van der Waals surface area contributed by atoms with Gasteiger partial charge in [0, 0.05) is 0 Å². The zero-order valence-electron chi connectivity index (χ0n) is 10.8. The molecule has 0 saturated carbocycles. The maximum atomic E-state index is 11.7. The lowest BCUT2D eigenvalue weighted by atomic mass is 9.75.